The Labute approximate surface area is 114 Å². The third-order valence-electron chi connectivity index (χ3n) is 4.40. The number of ether oxygens (including phenoxy) is 1. The molecular weight excluding hydrogens is 240 g/mol. The summed E-state index contributed by atoms with van der Waals surface area (Å²) in [6.07, 6.45) is 2.64. The van der Waals surface area contributed by atoms with Crippen molar-refractivity contribution in [2.75, 3.05) is 7.11 Å². The van der Waals surface area contributed by atoms with Gasteiger partial charge in [0.05, 0.1) is 13.0 Å². The van der Waals surface area contributed by atoms with E-state index in [-0.39, 0.29) is 11.3 Å². The number of hydrogen-bond acceptors (Lipinski definition) is 2. The van der Waals surface area contributed by atoms with Gasteiger partial charge in [0.1, 0.15) is 5.75 Å². The van der Waals surface area contributed by atoms with E-state index < -0.39 is 5.97 Å². The second-order valence-electron chi connectivity index (χ2n) is 6.13. The van der Waals surface area contributed by atoms with Crippen LogP contribution in [0.15, 0.2) is 24.3 Å². The van der Waals surface area contributed by atoms with Crippen molar-refractivity contribution in [1.29, 1.82) is 0 Å². The molecule has 3 nitrogen and oxygen atoms in total. The Kier molecular flexibility index (Phi) is 3.83. The molecular formula is C16H22O3. The second kappa shape index (κ2) is 5.24. The average molecular weight is 262 g/mol. The molecule has 0 aliphatic heterocycles. The summed E-state index contributed by atoms with van der Waals surface area (Å²) in [6, 6.07) is 8.15. The monoisotopic (exact) mass is 262 g/mol. The van der Waals surface area contributed by atoms with Gasteiger partial charge in [-0.1, -0.05) is 26.0 Å². The predicted molar refractivity (Wildman–Crippen MR) is 74.5 cm³/mol. The lowest BCUT2D eigenvalue weighted by atomic mass is 9.64. The van der Waals surface area contributed by atoms with E-state index in [1.165, 1.54) is 5.56 Å². The number of carboxylic acids is 1. The zero-order chi connectivity index (χ0) is 14.0. The summed E-state index contributed by atoms with van der Waals surface area (Å²) in [6.45, 7) is 4.14. The van der Waals surface area contributed by atoms with Gasteiger partial charge in [-0.15, -0.1) is 0 Å². The highest BCUT2D eigenvalue weighted by atomic mass is 16.5. The van der Waals surface area contributed by atoms with Crippen molar-refractivity contribution in [3.05, 3.63) is 29.8 Å². The number of carboxylic acid groups (broad SMARTS) is 1. The van der Waals surface area contributed by atoms with Crippen LogP contribution < -0.4 is 4.74 Å². The Hall–Kier alpha value is -1.51. The molecule has 1 N–H and O–H groups in total. The van der Waals surface area contributed by atoms with E-state index in [4.69, 9.17) is 4.74 Å². The highest BCUT2D eigenvalue weighted by molar-refractivity contribution is 5.71. The van der Waals surface area contributed by atoms with Crippen LogP contribution in [0.1, 0.15) is 44.6 Å². The molecule has 104 valence electrons. The summed E-state index contributed by atoms with van der Waals surface area (Å²) in [7, 11) is 1.66. The van der Waals surface area contributed by atoms with E-state index in [0.29, 0.717) is 5.92 Å². The lowest BCUT2D eigenvalue weighted by molar-refractivity contribution is -0.147. The van der Waals surface area contributed by atoms with Crippen molar-refractivity contribution in [1.82, 2.24) is 0 Å². The molecule has 2 rings (SSSR count). The predicted octanol–water partition coefficient (Wildman–Crippen LogP) is 3.69. The average Bonchev–Trinajstić information content (AvgIpc) is 2.37. The third kappa shape index (κ3) is 2.91. The first-order valence-corrected chi connectivity index (χ1v) is 6.81. The molecule has 0 spiro atoms. The summed E-state index contributed by atoms with van der Waals surface area (Å²) in [5.41, 5.74) is 1.15. The smallest absolute Gasteiger partial charge is 0.307 e. The third-order valence-corrected chi connectivity index (χ3v) is 4.40. The second-order valence-corrected chi connectivity index (χ2v) is 6.13. The van der Waals surface area contributed by atoms with Crippen molar-refractivity contribution >= 4 is 5.97 Å². The van der Waals surface area contributed by atoms with Gasteiger partial charge in [0.2, 0.25) is 0 Å². The molecule has 1 fully saturated rings. The zero-order valence-corrected chi connectivity index (χ0v) is 11.8. The minimum absolute atomic E-state index is 0.144. The molecule has 0 radical (unpaired) electrons. The molecule has 0 amide bonds. The minimum Gasteiger partial charge on any atom is -0.497 e. The molecule has 1 aliphatic carbocycles. The molecule has 0 aromatic heterocycles. The first kappa shape index (κ1) is 13.9. The summed E-state index contributed by atoms with van der Waals surface area (Å²) < 4.78 is 5.17. The van der Waals surface area contributed by atoms with Crippen LogP contribution in [0, 0.1) is 11.3 Å². The normalized spacial score (nSPS) is 25.8. The van der Waals surface area contributed by atoms with Crippen molar-refractivity contribution in [3.63, 3.8) is 0 Å². The molecule has 1 aliphatic rings. The standard InChI is InChI=1S/C16H22O3/c1-16(2)10-12(6-9-14(16)15(17)18)11-4-7-13(19-3)8-5-11/h4-5,7-8,12,14H,6,9-10H2,1-3H3,(H,17,18)/t12-,14+/m1/s1. The van der Waals surface area contributed by atoms with Crippen LogP contribution >= 0.6 is 0 Å². The van der Waals surface area contributed by atoms with E-state index in [9.17, 15) is 9.90 Å². The van der Waals surface area contributed by atoms with Crippen molar-refractivity contribution in [2.45, 2.75) is 39.0 Å². The van der Waals surface area contributed by atoms with Gasteiger partial charge in [-0.3, -0.25) is 4.79 Å². The van der Waals surface area contributed by atoms with E-state index in [0.717, 1.165) is 25.0 Å². The van der Waals surface area contributed by atoms with Crippen molar-refractivity contribution in [2.24, 2.45) is 11.3 Å². The van der Waals surface area contributed by atoms with Crippen molar-refractivity contribution < 1.29 is 14.6 Å². The van der Waals surface area contributed by atoms with Crippen LogP contribution in [-0.4, -0.2) is 18.2 Å². The fourth-order valence-electron chi connectivity index (χ4n) is 3.26. The molecule has 0 unspecified atom stereocenters. The largest absolute Gasteiger partial charge is 0.497 e. The maximum Gasteiger partial charge on any atom is 0.307 e. The van der Waals surface area contributed by atoms with Gasteiger partial charge >= 0.3 is 5.97 Å². The Morgan fingerprint density at radius 2 is 1.89 bits per heavy atom. The zero-order valence-electron chi connectivity index (χ0n) is 11.8. The molecule has 1 aromatic carbocycles. The van der Waals surface area contributed by atoms with Crippen molar-refractivity contribution in [3.8, 4) is 5.75 Å². The van der Waals surface area contributed by atoms with Crippen LogP contribution in [0.4, 0.5) is 0 Å². The Morgan fingerprint density at radius 3 is 2.37 bits per heavy atom. The summed E-state index contributed by atoms with van der Waals surface area (Å²) in [5.74, 6) is 0.443. The summed E-state index contributed by atoms with van der Waals surface area (Å²) in [5, 5.41) is 9.28. The van der Waals surface area contributed by atoms with Crippen LogP contribution in [0.25, 0.3) is 0 Å². The first-order chi connectivity index (χ1) is 8.94. The number of benzene rings is 1. The molecule has 1 aromatic rings. The molecule has 0 heterocycles. The molecule has 0 saturated heterocycles. The van der Waals surface area contributed by atoms with E-state index in [1.54, 1.807) is 7.11 Å². The minimum atomic E-state index is -0.654. The maximum absolute atomic E-state index is 11.3. The Morgan fingerprint density at radius 1 is 1.26 bits per heavy atom. The number of methoxy groups -OCH3 is 1. The van der Waals surface area contributed by atoms with Gasteiger partial charge in [-0.05, 0) is 48.3 Å². The Balaban J connectivity index is 2.13. The highest BCUT2D eigenvalue weighted by Crippen LogP contribution is 2.47. The number of hydrogen-bond donors (Lipinski definition) is 1. The quantitative estimate of drug-likeness (QED) is 0.903. The SMILES string of the molecule is COc1ccc([C@@H]2CC[C@@H](C(=O)O)C(C)(C)C2)cc1. The fourth-order valence-corrected chi connectivity index (χ4v) is 3.26. The molecule has 19 heavy (non-hydrogen) atoms. The van der Waals surface area contributed by atoms with Gasteiger partial charge in [-0.25, -0.2) is 0 Å². The highest BCUT2D eigenvalue weighted by Gasteiger charge is 2.41. The Bertz CT molecular complexity index is 448. The van der Waals surface area contributed by atoms with E-state index in [2.05, 4.69) is 26.0 Å². The van der Waals surface area contributed by atoms with Crippen LogP contribution in [0.2, 0.25) is 0 Å². The topological polar surface area (TPSA) is 46.5 Å². The van der Waals surface area contributed by atoms with Gasteiger partial charge in [0, 0.05) is 0 Å². The van der Waals surface area contributed by atoms with Gasteiger partial charge in [0.25, 0.3) is 0 Å². The first-order valence-electron chi connectivity index (χ1n) is 6.81. The van der Waals surface area contributed by atoms with E-state index >= 15 is 0 Å². The fraction of sp³-hybridized carbons (Fsp3) is 0.562. The summed E-state index contributed by atoms with van der Waals surface area (Å²) in [4.78, 5) is 11.3. The summed E-state index contributed by atoms with van der Waals surface area (Å²) >= 11 is 0. The van der Waals surface area contributed by atoms with Gasteiger partial charge < -0.3 is 9.84 Å². The van der Waals surface area contributed by atoms with Gasteiger partial charge in [-0.2, -0.15) is 0 Å². The van der Waals surface area contributed by atoms with Crippen LogP contribution in [0.5, 0.6) is 5.75 Å². The molecule has 2 atom stereocenters. The van der Waals surface area contributed by atoms with Crippen LogP contribution in [0.3, 0.4) is 0 Å². The molecule has 1 saturated carbocycles. The number of rotatable bonds is 3. The van der Waals surface area contributed by atoms with E-state index in [1.807, 2.05) is 12.1 Å². The number of carbonyl (C=O) groups is 1. The lowest BCUT2D eigenvalue weighted by Crippen LogP contribution is -2.36. The van der Waals surface area contributed by atoms with Gasteiger partial charge in [0.15, 0.2) is 0 Å². The maximum atomic E-state index is 11.3. The van der Waals surface area contributed by atoms with Crippen LogP contribution in [-0.2, 0) is 4.79 Å². The lowest BCUT2D eigenvalue weighted by Gasteiger charge is -2.40. The number of aliphatic carboxylic acids is 1. The molecule has 0 bridgehead atoms. The molecule has 3 heteroatoms.